The molecule has 0 fully saturated rings. The average Bonchev–Trinajstić information content (AvgIpc) is 2.82. The van der Waals surface area contributed by atoms with Gasteiger partial charge >= 0.3 is 5.97 Å². The fourth-order valence-corrected chi connectivity index (χ4v) is 4.29. The van der Waals surface area contributed by atoms with Crippen LogP contribution in [-0.2, 0) is 12.8 Å². The number of nitro benzene ring substituents is 1. The van der Waals surface area contributed by atoms with Crippen LogP contribution in [0.4, 0.5) is 5.69 Å². The number of ether oxygens (including phenoxy) is 1. The zero-order chi connectivity index (χ0) is 24.2. The van der Waals surface area contributed by atoms with Gasteiger partial charge in [0.25, 0.3) is 5.69 Å². The van der Waals surface area contributed by atoms with Crippen molar-refractivity contribution in [1.82, 2.24) is 5.32 Å². The van der Waals surface area contributed by atoms with Crippen LogP contribution >= 0.6 is 24.0 Å². The lowest BCUT2D eigenvalue weighted by molar-refractivity contribution is -0.384. The second kappa shape index (κ2) is 11.5. The molecule has 0 aliphatic heterocycles. The van der Waals surface area contributed by atoms with Crippen LogP contribution in [0.25, 0.3) is 0 Å². The van der Waals surface area contributed by atoms with E-state index in [-0.39, 0.29) is 35.4 Å². The van der Waals surface area contributed by atoms with E-state index < -0.39 is 17.0 Å². The highest BCUT2D eigenvalue weighted by atomic mass is 35.5. The maximum absolute atomic E-state index is 11.3. The first-order valence-electron chi connectivity index (χ1n) is 10.8. The van der Waals surface area contributed by atoms with Gasteiger partial charge in [-0.25, -0.2) is 4.79 Å². The highest BCUT2D eigenvalue weighted by molar-refractivity contribution is 6.30. The van der Waals surface area contributed by atoms with E-state index in [4.69, 9.17) is 16.3 Å². The van der Waals surface area contributed by atoms with Gasteiger partial charge in [-0.2, -0.15) is 0 Å². The minimum atomic E-state index is -1.27. The molecule has 0 spiro atoms. The van der Waals surface area contributed by atoms with Crippen molar-refractivity contribution < 1.29 is 24.7 Å². The van der Waals surface area contributed by atoms with E-state index in [2.05, 4.69) is 5.32 Å². The van der Waals surface area contributed by atoms with E-state index in [0.717, 1.165) is 36.5 Å². The lowest BCUT2D eigenvalue weighted by Gasteiger charge is -2.27. The Bertz CT molecular complexity index is 1200. The van der Waals surface area contributed by atoms with Gasteiger partial charge in [0.15, 0.2) is 0 Å². The zero-order valence-electron chi connectivity index (χ0n) is 18.5. The predicted octanol–water partition coefficient (Wildman–Crippen LogP) is 5.34. The number of carboxylic acids is 1. The van der Waals surface area contributed by atoms with Gasteiger partial charge in [-0.05, 0) is 66.3 Å². The number of aliphatic hydroxyl groups is 1. The van der Waals surface area contributed by atoms with Crippen molar-refractivity contribution in [1.29, 1.82) is 0 Å². The number of aromatic carboxylic acids is 1. The molecule has 0 unspecified atom stereocenters. The molecule has 0 saturated heterocycles. The number of non-ortho nitro benzene ring substituents is 1. The molecule has 0 amide bonds. The first-order chi connectivity index (χ1) is 16.3. The van der Waals surface area contributed by atoms with Crippen molar-refractivity contribution in [2.75, 3.05) is 6.54 Å². The molecule has 35 heavy (non-hydrogen) atoms. The third kappa shape index (κ3) is 6.70. The number of benzene rings is 3. The summed E-state index contributed by atoms with van der Waals surface area (Å²) in [7, 11) is 0. The van der Waals surface area contributed by atoms with Gasteiger partial charge in [-0.15, -0.1) is 12.4 Å². The van der Waals surface area contributed by atoms with Gasteiger partial charge in [-0.1, -0.05) is 29.8 Å². The van der Waals surface area contributed by atoms with Gasteiger partial charge in [0.1, 0.15) is 11.5 Å². The van der Waals surface area contributed by atoms with E-state index in [1.165, 1.54) is 17.7 Å². The molecule has 1 aliphatic carbocycles. The number of rotatable bonds is 8. The lowest BCUT2D eigenvalue weighted by Crippen LogP contribution is -2.37. The number of aryl methyl sites for hydroxylation is 1. The molecule has 2 atom stereocenters. The van der Waals surface area contributed by atoms with Crippen LogP contribution in [0.3, 0.4) is 0 Å². The first-order valence-corrected chi connectivity index (χ1v) is 11.2. The summed E-state index contributed by atoms with van der Waals surface area (Å²) in [5.41, 5.74) is 2.44. The number of carbonyl (C=O) groups is 1. The van der Waals surface area contributed by atoms with Crippen molar-refractivity contribution in [3.8, 4) is 11.5 Å². The van der Waals surface area contributed by atoms with Crippen LogP contribution in [0.2, 0.25) is 5.02 Å². The Morgan fingerprint density at radius 2 is 1.94 bits per heavy atom. The molecule has 3 aromatic rings. The third-order valence-corrected chi connectivity index (χ3v) is 6.06. The molecule has 0 saturated carbocycles. The first kappa shape index (κ1) is 26.4. The minimum Gasteiger partial charge on any atom is -0.478 e. The van der Waals surface area contributed by atoms with Crippen molar-refractivity contribution in [2.24, 2.45) is 0 Å². The Morgan fingerprint density at radius 1 is 1.14 bits per heavy atom. The second-order valence-corrected chi connectivity index (χ2v) is 8.67. The summed E-state index contributed by atoms with van der Waals surface area (Å²) in [6, 6.07) is 16.4. The molecule has 0 aromatic heterocycles. The molecular formula is C25H24Cl2N2O6. The van der Waals surface area contributed by atoms with Gasteiger partial charge in [-0.3, -0.25) is 10.1 Å². The van der Waals surface area contributed by atoms with Gasteiger partial charge in [0.05, 0.1) is 22.7 Å². The molecule has 184 valence electrons. The number of hydrogen-bond donors (Lipinski definition) is 3. The number of carboxylic acid groups (broad SMARTS) is 1. The fourth-order valence-electron chi connectivity index (χ4n) is 4.09. The Kier molecular flexibility index (Phi) is 8.69. The Hall–Kier alpha value is -3.17. The number of fused-ring (bicyclic) bond motifs is 1. The zero-order valence-corrected chi connectivity index (χ0v) is 20.1. The lowest BCUT2D eigenvalue weighted by atomic mass is 9.88. The summed E-state index contributed by atoms with van der Waals surface area (Å²) < 4.78 is 5.79. The Labute approximate surface area is 213 Å². The monoisotopic (exact) mass is 518 g/mol. The Balaban J connectivity index is 0.00000342. The Morgan fingerprint density at radius 3 is 2.66 bits per heavy atom. The summed E-state index contributed by atoms with van der Waals surface area (Å²) in [5, 5.41) is 34.9. The van der Waals surface area contributed by atoms with Crippen molar-refractivity contribution in [3.63, 3.8) is 0 Å². The number of nitrogens with zero attached hydrogens (tertiary/aromatic N) is 1. The highest BCUT2D eigenvalue weighted by Gasteiger charge is 2.21. The quantitative estimate of drug-likeness (QED) is 0.271. The average molecular weight is 519 g/mol. The van der Waals surface area contributed by atoms with Crippen molar-refractivity contribution in [3.05, 3.63) is 98.1 Å². The third-order valence-electron chi connectivity index (χ3n) is 5.82. The van der Waals surface area contributed by atoms with Crippen LogP contribution in [0, 0.1) is 10.1 Å². The molecule has 3 N–H and O–H groups in total. The van der Waals surface area contributed by atoms with Crippen molar-refractivity contribution in [2.45, 2.75) is 31.4 Å². The number of halogens is 2. The maximum Gasteiger partial charge on any atom is 0.336 e. The van der Waals surface area contributed by atoms with E-state index in [9.17, 15) is 25.1 Å². The smallest absolute Gasteiger partial charge is 0.336 e. The molecule has 0 heterocycles. The fraction of sp³-hybridized carbons (Fsp3) is 0.240. The van der Waals surface area contributed by atoms with Crippen LogP contribution in [0.5, 0.6) is 11.5 Å². The number of nitro groups is 1. The van der Waals surface area contributed by atoms with E-state index in [0.29, 0.717) is 17.3 Å². The van der Waals surface area contributed by atoms with Crippen LogP contribution in [0.1, 0.15) is 39.6 Å². The minimum absolute atomic E-state index is 0. The molecule has 0 bridgehead atoms. The van der Waals surface area contributed by atoms with Gasteiger partial charge in [0, 0.05) is 23.7 Å². The second-order valence-electron chi connectivity index (χ2n) is 8.23. The maximum atomic E-state index is 11.3. The molecule has 8 nitrogen and oxygen atoms in total. The normalized spacial score (nSPS) is 15.4. The van der Waals surface area contributed by atoms with E-state index in [1.54, 1.807) is 24.3 Å². The largest absolute Gasteiger partial charge is 0.478 e. The van der Waals surface area contributed by atoms with Crippen LogP contribution in [0.15, 0.2) is 60.7 Å². The molecular weight excluding hydrogens is 495 g/mol. The van der Waals surface area contributed by atoms with Crippen LogP contribution < -0.4 is 10.1 Å². The van der Waals surface area contributed by atoms with Crippen LogP contribution in [-0.4, -0.2) is 33.7 Å². The summed E-state index contributed by atoms with van der Waals surface area (Å²) in [6.07, 6.45) is 1.83. The molecule has 1 aliphatic rings. The summed E-state index contributed by atoms with van der Waals surface area (Å²) in [6.45, 7) is 0.391. The molecule has 10 heteroatoms. The SMILES string of the molecule is Cl.O=C(O)c1cc(Oc2ccc3c(c2)C[C@@H](NC[C@@H](O)c2cccc(Cl)c2)CC3)cc([N+](=O)[O-])c1. The summed E-state index contributed by atoms with van der Waals surface area (Å²) in [5.74, 6) is -0.718. The molecule has 3 aromatic carbocycles. The number of hydrogen-bond acceptors (Lipinski definition) is 6. The van der Waals surface area contributed by atoms with Gasteiger partial charge in [0.2, 0.25) is 0 Å². The highest BCUT2D eigenvalue weighted by Crippen LogP contribution is 2.31. The van der Waals surface area contributed by atoms with Crippen molar-refractivity contribution >= 4 is 35.7 Å². The predicted molar refractivity (Wildman–Crippen MR) is 134 cm³/mol. The number of aliphatic hydroxyl groups excluding tert-OH is 1. The van der Waals surface area contributed by atoms with E-state index >= 15 is 0 Å². The van der Waals surface area contributed by atoms with E-state index in [1.807, 2.05) is 18.2 Å². The van der Waals surface area contributed by atoms with Gasteiger partial charge < -0.3 is 20.3 Å². The molecule has 0 radical (unpaired) electrons. The molecule has 4 rings (SSSR count). The number of nitrogens with one attached hydrogen (secondary N) is 1. The summed E-state index contributed by atoms with van der Waals surface area (Å²) in [4.78, 5) is 21.8. The standard InChI is InChI=1S/C25H23ClN2O6.ClH/c26-19-3-1-2-16(8-19)24(29)14-27-20-6-4-15-5-7-22(11-17(15)9-20)34-23-12-18(25(30)31)10-21(13-23)28(32)33;/h1-3,5,7-8,10-13,20,24,27,29H,4,6,9,14H2,(H,30,31);1H/t20-,24+;/m0./s1. The topological polar surface area (TPSA) is 122 Å². The summed E-state index contributed by atoms with van der Waals surface area (Å²) >= 11 is 6.01.